The summed E-state index contributed by atoms with van der Waals surface area (Å²) in [7, 11) is 1.85. The van der Waals surface area contributed by atoms with Crippen LogP contribution in [0.3, 0.4) is 0 Å². The fourth-order valence-corrected chi connectivity index (χ4v) is 3.44. The van der Waals surface area contributed by atoms with E-state index in [1.165, 1.54) is 23.5 Å². The van der Waals surface area contributed by atoms with E-state index in [4.69, 9.17) is 0 Å². The van der Waals surface area contributed by atoms with Gasteiger partial charge in [-0.25, -0.2) is 14.2 Å². The van der Waals surface area contributed by atoms with Crippen molar-refractivity contribution in [1.82, 2.24) is 25.1 Å². The molecule has 0 saturated carbocycles. The summed E-state index contributed by atoms with van der Waals surface area (Å²) < 4.78 is 14.8. The Morgan fingerprint density at radius 3 is 2.72 bits per heavy atom. The molecule has 0 aliphatic carbocycles. The topological polar surface area (TPSA) is 84.7 Å². The molecule has 1 aromatic carbocycles. The van der Waals surface area contributed by atoms with Gasteiger partial charge in [0.15, 0.2) is 5.13 Å². The van der Waals surface area contributed by atoms with Crippen LogP contribution in [0.4, 0.5) is 14.3 Å². The summed E-state index contributed by atoms with van der Waals surface area (Å²) in [6.45, 7) is 0.323. The molecule has 0 unspecified atom stereocenters. The van der Waals surface area contributed by atoms with E-state index in [-0.39, 0.29) is 11.8 Å². The molecule has 0 aliphatic heterocycles. The van der Waals surface area contributed by atoms with Crippen LogP contribution in [-0.4, -0.2) is 25.8 Å². The molecular formula is C20H17FN6OS. The van der Waals surface area contributed by atoms with Gasteiger partial charge >= 0.3 is 6.03 Å². The van der Waals surface area contributed by atoms with E-state index in [0.717, 1.165) is 22.3 Å². The minimum Gasteiger partial charge on any atom is -0.334 e. The first kappa shape index (κ1) is 18.8. The van der Waals surface area contributed by atoms with Crippen LogP contribution in [0.1, 0.15) is 5.56 Å². The van der Waals surface area contributed by atoms with Gasteiger partial charge in [0.1, 0.15) is 5.82 Å². The van der Waals surface area contributed by atoms with E-state index in [9.17, 15) is 9.18 Å². The number of pyridine rings is 1. The second-order valence-corrected chi connectivity index (χ2v) is 7.20. The average molecular weight is 408 g/mol. The Balaban J connectivity index is 1.35. The van der Waals surface area contributed by atoms with Crippen molar-refractivity contribution < 1.29 is 9.18 Å². The fraction of sp³-hybridized carbons (Fsp3) is 0.100. The summed E-state index contributed by atoms with van der Waals surface area (Å²) in [4.78, 5) is 20.8. The number of urea groups is 1. The molecular weight excluding hydrogens is 391 g/mol. The van der Waals surface area contributed by atoms with Crippen molar-refractivity contribution >= 4 is 22.5 Å². The average Bonchev–Trinajstić information content (AvgIpc) is 3.36. The number of halogens is 1. The van der Waals surface area contributed by atoms with Gasteiger partial charge in [0.05, 0.1) is 11.9 Å². The van der Waals surface area contributed by atoms with Gasteiger partial charge in [-0.1, -0.05) is 0 Å². The predicted octanol–water partition coefficient (Wildman–Crippen LogP) is 4.07. The molecule has 3 aromatic heterocycles. The quantitative estimate of drug-likeness (QED) is 0.521. The number of thiazole rings is 1. The van der Waals surface area contributed by atoms with Gasteiger partial charge in [-0.2, -0.15) is 5.10 Å². The molecule has 29 heavy (non-hydrogen) atoms. The fourth-order valence-electron chi connectivity index (χ4n) is 2.72. The van der Waals surface area contributed by atoms with Crippen LogP contribution >= 0.6 is 11.3 Å². The third-order valence-electron chi connectivity index (χ3n) is 4.15. The molecule has 146 valence electrons. The lowest BCUT2D eigenvalue weighted by Crippen LogP contribution is -2.28. The molecule has 0 saturated heterocycles. The minimum atomic E-state index is -0.364. The summed E-state index contributed by atoms with van der Waals surface area (Å²) in [5.41, 5.74) is 4.23. The number of hydrogen-bond acceptors (Lipinski definition) is 5. The summed E-state index contributed by atoms with van der Waals surface area (Å²) >= 11 is 1.30. The van der Waals surface area contributed by atoms with Gasteiger partial charge in [0.25, 0.3) is 0 Å². The maximum absolute atomic E-state index is 13.0. The molecule has 4 aromatic rings. The van der Waals surface area contributed by atoms with E-state index < -0.39 is 0 Å². The number of anilines is 1. The van der Waals surface area contributed by atoms with Crippen molar-refractivity contribution in [2.24, 2.45) is 7.05 Å². The summed E-state index contributed by atoms with van der Waals surface area (Å²) in [5.74, 6) is -0.302. The molecule has 0 radical (unpaired) electrons. The van der Waals surface area contributed by atoms with Crippen LogP contribution < -0.4 is 10.6 Å². The van der Waals surface area contributed by atoms with Crippen LogP contribution in [0, 0.1) is 5.82 Å². The van der Waals surface area contributed by atoms with Crippen LogP contribution in [0.25, 0.3) is 22.4 Å². The number of aromatic nitrogens is 4. The van der Waals surface area contributed by atoms with Crippen molar-refractivity contribution in [2.45, 2.75) is 6.54 Å². The lowest BCUT2D eigenvalue weighted by molar-refractivity contribution is 0.251. The molecule has 0 atom stereocenters. The number of nitrogens with zero attached hydrogens (tertiary/aromatic N) is 4. The second-order valence-electron chi connectivity index (χ2n) is 6.34. The molecule has 0 fully saturated rings. The Labute approximate surface area is 170 Å². The summed E-state index contributed by atoms with van der Waals surface area (Å²) in [5, 5.41) is 11.9. The number of rotatable bonds is 5. The zero-order valence-electron chi connectivity index (χ0n) is 15.5. The standard InChI is InChI=1S/C20H17FN6OS/c1-27-11-16(10-24-27)15-6-13(7-22-9-15)8-23-19(28)26-20-25-18(12-29-20)14-2-4-17(21)5-3-14/h2-7,9-12H,8H2,1H3,(H2,23,25,26,28). The smallest absolute Gasteiger partial charge is 0.321 e. The zero-order valence-corrected chi connectivity index (χ0v) is 16.3. The number of carbonyl (C=O) groups excluding carboxylic acids is 1. The molecule has 0 spiro atoms. The molecule has 0 bridgehead atoms. The molecule has 7 nitrogen and oxygen atoms in total. The number of nitrogens with one attached hydrogen (secondary N) is 2. The predicted molar refractivity (Wildman–Crippen MR) is 110 cm³/mol. The highest BCUT2D eigenvalue weighted by Gasteiger charge is 2.09. The number of aryl methyl sites for hydroxylation is 1. The van der Waals surface area contributed by atoms with Crippen molar-refractivity contribution in [3.63, 3.8) is 0 Å². The normalized spacial score (nSPS) is 10.7. The maximum Gasteiger partial charge on any atom is 0.321 e. The van der Waals surface area contributed by atoms with Gasteiger partial charge in [-0.3, -0.25) is 15.0 Å². The highest BCUT2D eigenvalue weighted by Crippen LogP contribution is 2.25. The Kier molecular flexibility index (Phi) is 5.30. The third-order valence-corrected chi connectivity index (χ3v) is 4.91. The van der Waals surface area contributed by atoms with E-state index in [1.54, 1.807) is 35.4 Å². The van der Waals surface area contributed by atoms with Crippen molar-refractivity contribution in [3.05, 3.63) is 71.9 Å². The van der Waals surface area contributed by atoms with E-state index in [2.05, 4.69) is 25.7 Å². The van der Waals surface area contributed by atoms with E-state index >= 15 is 0 Å². The van der Waals surface area contributed by atoms with E-state index in [1.807, 2.05) is 24.7 Å². The monoisotopic (exact) mass is 408 g/mol. The summed E-state index contributed by atoms with van der Waals surface area (Å²) in [6, 6.07) is 7.65. The highest BCUT2D eigenvalue weighted by molar-refractivity contribution is 7.14. The lowest BCUT2D eigenvalue weighted by Gasteiger charge is -2.06. The Hall–Kier alpha value is -3.59. The zero-order chi connectivity index (χ0) is 20.2. The molecule has 0 aliphatic rings. The maximum atomic E-state index is 13.0. The molecule has 2 N–H and O–H groups in total. The largest absolute Gasteiger partial charge is 0.334 e. The van der Waals surface area contributed by atoms with Crippen LogP contribution in [0.5, 0.6) is 0 Å². The number of carbonyl (C=O) groups is 1. The number of amides is 2. The SMILES string of the molecule is Cn1cc(-c2cncc(CNC(=O)Nc3nc(-c4ccc(F)cc4)cs3)c2)cn1. The van der Waals surface area contributed by atoms with Gasteiger partial charge in [0.2, 0.25) is 0 Å². The molecule has 9 heteroatoms. The second kappa shape index (κ2) is 8.19. The third kappa shape index (κ3) is 4.64. The van der Waals surface area contributed by atoms with Crippen LogP contribution in [0.2, 0.25) is 0 Å². The Bertz CT molecular complexity index is 1140. The van der Waals surface area contributed by atoms with Gasteiger partial charge in [-0.05, 0) is 35.9 Å². The van der Waals surface area contributed by atoms with Crippen molar-refractivity contribution in [1.29, 1.82) is 0 Å². The first-order valence-corrected chi connectivity index (χ1v) is 9.64. The Morgan fingerprint density at radius 2 is 1.97 bits per heavy atom. The number of benzene rings is 1. The minimum absolute atomic E-state index is 0.302. The van der Waals surface area contributed by atoms with Crippen molar-refractivity contribution in [3.8, 4) is 22.4 Å². The van der Waals surface area contributed by atoms with Gasteiger partial charge in [0, 0.05) is 54.3 Å². The first-order chi connectivity index (χ1) is 14.1. The number of hydrogen-bond donors (Lipinski definition) is 2. The van der Waals surface area contributed by atoms with E-state index in [0.29, 0.717) is 17.4 Å². The Morgan fingerprint density at radius 1 is 1.14 bits per heavy atom. The van der Waals surface area contributed by atoms with Gasteiger partial charge < -0.3 is 5.32 Å². The summed E-state index contributed by atoms with van der Waals surface area (Å²) in [6.07, 6.45) is 7.13. The van der Waals surface area contributed by atoms with Crippen molar-refractivity contribution in [2.75, 3.05) is 5.32 Å². The van der Waals surface area contributed by atoms with Gasteiger partial charge in [-0.15, -0.1) is 11.3 Å². The molecule has 3 heterocycles. The lowest BCUT2D eigenvalue weighted by atomic mass is 10.1. The highest BCUT2D eigenvalue weighted by atomic mass is 32.1. The molecule has 2 amide bonds. The molecule has 4 rings (SSSR count). The first-order valence-electron chi connectivity index (χ1n) is 8.76. The van der Waals surface area contributed by atoms with Crippen LogP contribution in [-0.2, 0) is 13.6 Å². The van der Waals surface area contributed by atoms with Crippen LogP contribution in [0.15, 0.2) is 60.5 Å².